The summed E-state index contributed by atoms with van der Waals surface area (Å²) in [6, 6.07) is 4.88. The van der Waals surface area contributed by atoms with Crippen molar-refractivity contribution < 1.29 is 13.2 Å². The van der Waals surface area contributed by atoms with Gasteiger partial charge in [0.1, 0.15) is 5.69 Å². The van der Waals surface area contributed by atoms with Gasteiger partial charge < -0.3 is 5.32 Å². The maximum absolute atomic E-state index is 12.5. The van der Waals surface area contributed by atoms with Gasteiger partial charge in [-0.2, -0.15) is 13.2 Å². The molecule has 0 aliphatic carbocycles. The maximum Gasteiger partial charge on any atom is 0.416 e. The van der Waals surface area contributed by atoms with E-state index in [0.717, 1.165) is 12.1 Å². The van der Waals surface area contributed by atoms with E-state index in [2.05, 4.69) is 15.3 Å². The number of aromatic nitrogens is 2. The van der Waals surface area contributed by atoms with Gasteiger partial charge in [-0.05, 0) is 19.1 Å². The van der Waals surface area contributed by atoms with Crippen LogP contribution < -0.4 is 5.32 Å². The van der Waals surface area contributed by atoms with E-state index in [1.807, 2.05) is 6.92 Å². The smallest absolute Gasteiger partial charge is 0.369 e. The molecule has 0 spiro atoms. The number of hydrogen-bond acceptors (Lipinski definition) is 3. The minimum atomic E-state index is -4.33. The molecule has 2 rings (SSSR count). The minimum absolute atomic E-state index is 0.540. The number of hydrogen-bond donors (Lipinski definition) is 1. The summed E-state index contributed by atoms with van der Waals surface area (Å²) < 4.78 is 37.4. The Morgan fingerprint density at radius 2 is 1.68 bits per heavy atom. The van der Waals surface area contributed by atoms with E-state index in [4.69, 9.17) is 0 Å². The van der Waals surface area contributed by atoms with Gasteiger partial charge in [0.05, 0.1) is 5.56 Å². The molecule has 0 radical (unpaired) electrons. The fraction of sp³-hybridized carbons (Fsp3) is 0.231. The van der Waals surface area contributed by atoms with E-state index < -0.39 is 11.7 Å². The van der Waals surface area contributed by atoms with Crippen molar-refractivity contribution in [2.45, 2.75) is 13.1 Å². The van der Waals surface area contributed by atoms with Crippen LogP contribution in [0.25, 0.3) is 11.3 Å². The van der Waals surface area contributed by atoms with Crippen molar-refractivity contribution in [3.63, 3.8) is 0 Å². The van der Waals surface area contributed by atoms with Gasteiger partial charge in [0.25, 0.3) is 0 Å². The average Bonchev–Trinajstić information content (AvgIpc) is 2.39. The molecule has 0 saturated heterocycles. The molecule has 0 amide bonds. The van der Waals surface area contributed by atoms with Gasteiger partial charge in [-0.1, -0.05) is 12.1 Å². The average molecular weight is 267 g/mol. The zero-order chi connectivity index (χ0) is 13.9. The first-order chi connectivity index (χ1) is 9.02. The second kappa shape index (κ2) is 5.26. The highest BCUT2D eigenvalue weighted by atomic mass is 19.4. The lowest BCUT2D eigenvalue weighted by atomic mass is 10.1. The van der Waals surface area contributed by atoms with Gasteiger partial charge in [-0.25, -0.2) is 4.98 Å². The highest BCUT2D eigenvalue weighted by molar-refractivity contribution is 5.71. The second-order valence-corrected chi connectivity index (χ2v) is 3.86. The van der Waals surface area contributed by atoms with Crippen molar-refractivity contribution in [1.82, 2.24) is 9.97 Å². The van der Waals surface area contributed by atoms with Gasteiger partial charge >= 0.3 is 6.18 Å². The minimum Gasteiger partial charge on any atom is -0.369 e. The summed E-state index contributed by atoms with van der Waals surface area (Å²) in [4.78, 5) is 8.27. The van der Waals surface area contributed by atoms with E-state index in [-0.39, 0.29) is 0 Å². The quantitative estimate of drug-likeness (QED) is 0.923. The van der Waals surface area contributed by atoms with Crippen LogP contribution in [0.2, 0.25) is 0 Å². The Morgan fingerprint density at radius 1 is 1.05 bits per heavy atom. The first-order valence-corrected chi connectivity index (χ1v) is 5.75. The summed E-state index contributed by atoms with van der Waals surface area (Å²) in [6.45, 7) is 2.57. The van der Waals surface area contributed by atoms with E-state index in [1.165, 1.54) is 24.5 Å². The molecule has 19 heavy (non-hydrogen) atoms. The molecule has 6 heteroatoms. The van der Waals surface area contributed by atoms with Gasteiger partial charge in [0.2, 0.25) is 0 Å². The normalized spacial score (nSPS) is 11.4. The van der Waals surface area contributed by atoms with Crippen LogP contribution in [0.15, 0.2) is 36.7 Å². The van der Waals surface area contributed by atoms with Crippen LogP contribution in [0.5, 0.6) is 0 Å². The van der Waals surface area contributed by atoms with Gasteiger partial charge in [0.15, 0.2) is 5.82 Å². The van der Waals surface area contributed by atoms with Crippen molar-refractivity contribution in [3.05, 3.63) is 42.2 Å². The van der Waals surface area contributed by atoms with Gasteiger partial charge in [-0.15, -0.1) is 0 Å². The third-order valence-electron chi connectivity index (χ3n) is 2.53. The van der Waals surface area contributed by atoms with Crippen molar-refractivity contribution >= 4 is 5.82 Å². The first kappa shape index (κ1) is 13.3. The lowest BCUT2D eigenvalue weighted by molar-refractivity contribution is -0.137. The summed E-state index contributed by atoms with van der Waals surface area (Å²) in [5.74, 6) is 0.560. The summed E-state index contributed by atoms with van der Waals surface area (Å²) in [6.07, 6.45) is -1.29. The van der Waals surface area contributed by atoms with E-state index in [9.17, 15) is 13.2 Å². The molecule has 0 fully saturated rings. The Kier molecular flexibility index (Phi) is 3.69. The summed E-state index contributed by atoms with van der Waals surface area (Å²) >= 11 is 0. The largest absolute Gasteiger partial charge is 0.416 e. The monoisotopic (exact) mass is 267 g/mol. The molecule has 100 valence electrons. The molecule has 3 nitrogen and oxygen atoms in total. The predicted molar refractivity (Wildman–Crippen MR) is 66.6 cm³/mol. The SMILES string of the molecule is CCNc1nccnc1-c1ccc(C(F)(F)F)cc1. The van der Waals surface area contributed by atoms with E-state index in [0.29, 0.717) is 23.6 Å². The third kappa shape index (κ3) is 3.01. The summed E-state index contributed by atoms with van der Waals surface area (Å²) in [7, 11) is 0. The lowest BCUT2D eigenvalue weighted by Gasteiger charge is -2.10. The molecule has 1 aromatic carbocycles. The van der Waals surface area contributed by atoms with Crippen LogP contribution >= 0.6 is 0 Å². The molecule has 0 aliphatic rings. The van der Waals surface area contributed by atoms with Crippen LogP contribution in [0.3, 0.4) is 0 Å². The van der Waals surface area contributed by atoms with E-state index >= 15 is 0 Å². The Labute approximate surface area is 108 Å². The Balaban J connectivity index is 2.37. The highest BCUT2D eigenvalue weighted by Gasteiger charge is 2.30. The number of benzene rings is 1. The summed E-state index contributed by atoms with van der Waals surface area (Å²) in [5, 5.41) is 3.02. The van der Waals surface area contributed by atoms with Crippen molar-refractivity contribution in [1.29, 1.82) is 0 Å². The fourth-order valence-corrected chi connectivity index (χ4v) is 1.66. The molecule has 1 aromatic heterocycles. The maximum atomic E-state index is 12.5. The van der Waals surface area contributed by atoms with Crippen LogP contribution in [0, 0.1) is 0 Å². The number of rotatable bonds is 3. The molecule has 0 bridgehead atoms. The zero-order valence-corrected chi connectivity index (χ0v) is 10.2. The molecular weight excluding hydrogens is 255 g/mol. The fourth-order valence-electron chi connectivity index (χ4n) is 1.66. The van der Waals surface area contributed by atoms with Crippen molar-refractivity contribution in [2.24, 2.45) is 0 Å². The topological polar surface area (TPSA) is 37.8 Å². The number of nitrogens with zero attached hydrogens (tertiary/aromatic N) is 2. The Morgan fingerprint density at radius 3 is 2.26 bits per heavy atom. The number of anilines is 1. The summed E-state index contributed by atoms with van der Waals surface area (Å²) in [5.41, 5.74) is 0.459. The standard InChI is InChI=1S/C13H12F3N3/c1-2-17-12-11(18-7-8-19-12)9-3-5-10(6-4-9)13(14,15)16/h3-8H,2H2,1H3,(H,17,19). The zero-order valence-electron chi connectivity index (χ0n) is 10.2. The van der Waals surface area contributed by atoms with Crippen LogP contribution in [0.1, 0.15) is 12.5 Å². The van der Waals surface area contributed by atoms with Crippen molar-refractivity contribution in [3.8, 4) is 11.3 Å². The van der Waals surface area contributed by atoms with Crippen LogP contribution in [-0.4, -0.2) is 16.5 Å². The number of halogens is 3. The Bertz CT molecular complexity index is 550. The number of nitrogens with one attached hydrogen (secondary N) is 1. The lowest BCUT2D eigenvalue weighted by Crippen LogP contribution is -2.05. The molecular formula is C13H12F3N3. The van der Waals surface area contributed by atoms with Crippen LogP contribution in [0.4, 0.5) is 19.0 Å². The molecule has 0 aliphatic heterocycles. The molecule has 0 saturated carbocycles. The molecule has 2 aromatic rings. The molecule has 0 unspecified atom stereocenters. The van der Waals surface area contributed by atoms with Crippen LogP contribution in [-0.2, 0) is 6.18 Å². The van der Waals surface area contributed by atoms with Crippen molar-refractivity contribution in [2.75, 3.05) is 11.9 Å². The Hall–Kier alpha value is -2.11. The highest BCUT2D eigenvalue weighted by Crippen LogP contribution is 2.31. The van der Waals surface area contributed by atoms with Gasteiger partial charge in [-0.3, -0.25) is 4.98 Å². The predicted octanol–water partition coefficient (Wildman–Crippen LogP) is 3.59. The molecule has 1 N–H and O–H groups in total. The number of alkyl halides is 3. The molecule has 1 heterocycles. The van der Waals surface area contributed by atoms with Gasteiger partial charge in [0, 0.05) is 24.5 Å². The first-order valence-electron chi connectivity index (χ1n) is 5.75. The van der Waals surface area contributed by atoms with E-state index in [1.54, 1.807) is 0 Å². The second-order valence-electron chi connectivity index (χ2n) is 3.86. The molecule has 0 atom stereocenters. The third-order valence-corrected chi connectivity index (χ3v) is 2.53.